The van der Waals surface area contributed by atoms with Gasteiger partial charge in [-0.25, -0.2) is 0 Å². The van der Waals surface area contributed by atoms with Crippen LogP contribution in [0, 0.1) is 20.8 Å². The maximum absolute atomic E-state index is 10.7. The highest BCUT2D eigenvalue weighted by Gasteiger charge is 2.25. The van der Waals surface area contributed by atoms with E-state index in [-0.39, 0.29) is 146 Å². The number of benzene rings is 14. The topological polar surface area (TPSA) is 465 Å². The first-order valence-electron chi connectivity index (χ1n) is 36.8. The average molecular weight is 1600 g/mol. The zero-order valence-electron chi connectivity index (χ0n) is 63.8. The van der Waals surface area contributed by atoms with Crippen LogP contribution in [0.25, 0.3) is 0 Å². The van der Waals surface area contributed by atoms with Gasteiger partial charge in [-0.1, -0.05) is 150 Å². The zero-order chi connectivity index (χ0) is 85.1. The Hall–Kier alpha value is -15.5. The zero-order valence-corrected chi connectivity index (χ0v) is 63.8. The fourth-order valence-corrected chi connectivity index (χ4v) is 14.0. The highest BCUT2D eigenvalue weighted by Crippen LogP contribution is 2.46. The Morgan fingerprint density at radius 3 is 0.610 bits per heavy atom. The van der Waals surface area contributed by atoms with Gasteiger partial charge in [0.2, 0.25) is 11.5 Å². The summed E-state index contributed by atoms with van der Waals surface area (Å²) in [6, 6.07) is 66.1. The van der Waals surface area contributed by atoms with E-state index in [1.54, 1.807) is 91.9 Å². The summed E-state index contributed by atoms with van der Waals surface area (Å²) in [5.41, 5.74) is 13.9. The Labute approximate surface area is 676 Å². The molecule has 23 heteroatoms. The fraction of sp³-hybridized carbons (Fsp3) is 0.116. The van der Waals surface area contributed by atoms with Crippen molar-refractivity contribution in [1.29, 1.82) is 0 Å². The molecule has 0 bridgehead atoms. The third-order valence-corrected chi connectivity index (χ3v) is 19.9. The first kappa shape index (κ1) is 83.4. The molecule has 0 amide bonds. The van der Waals surface area contributed by atoms with E-state index in [1.165, 1.54) is 48.5 Å². The largest absolute Gasteiger partial charge is 0.508 e. The number of aryl methyl sites for hydroxylation is 3. The summed E-state index contributed by atoms with van der Waals surface area (Å²) in [6.45, 7) is 5.51. The Bertz CT molecular complexity index is 5460. The Morgan fingerprint density at radius 2 is 0.364 bits per heavy atom. The van der Waals surface area contributed by atoms with E-state index >= 15 is 0 Å². The molecule has 0 aromatic heterocycles. The lowest BCUT2D eigenvalue weighted by molar-refractivity contribution is 0.365. The van der Waals surface area contributed by atoms with Crippen LogP contribution >= 0.6 is 0 Å². The van der Waals surface area contributed by atoms with Crippen molar-refractivity contribution in [2.24, 2.45) is 0 Å². The van der Waals surface area contributed by atoms with Gasteiger partial charge in [0.15, 0.2) is 23.0 Å². The summed E-state index contributed by atoms with van der Waals surface area (Å²) in [6.07, 6.45) is 0.764. The Kier molecular flexibility index (Phi) is 25.5. The van der Waals surface area contributed by atoms with Gasteiger partial charge in [0.25, 0.3) is 0 Å². The molecule has 14 aromatic carbocycles. The standard InChI is InChI=1S/C32H26O4.2C21H20O7.C21H20O5/c33-27-13-5-23(6-14-27)31(24-7-15-28(34)16-8-24)21-1-2-22(4-3-21)32(25-9-17-29(35)18-10-25)26-11-19-30(36)20-12-26;1-10-2-11(4-15-17(24)6-13(22)7-18(15)25)21(28)12(3-10)5-16-19(26)8-14(23)9-20(16)27;1-10-6-13(8-11-2-4-15(22)20(27)18(11)25)17(24)14(7-10)9-12-3-5-16(23)21(28)19(12)26;1-12-6-15(8-13-2-4-17(22)10-19(13)24)21(26)16(7-12)9-14-3-5-18(23)11-20(14)25/h1-20,31-36H;2-3,6-9,22-28H,4-5H2,1H3;2-7,22-28H,8-9H2,1H3;2-7,10-11,22-26H,8-9H2,1H3. The average Bonchev–Trinajstić information content (AvgIpc) is 0.797. The van der Waals surface area contributed by atoms with Crippen molar-refractivity contribution in [1.82, 2.24) is 0 Å². The van der Waals surface area contributed by atoms with E-state index < -0.39 is 34.5 Å². The van der Waals surface area contributed by atoms with Gasteiger partial charge >= 0.3 is 0 Å². The minimum Gasteiger partial charge on any atom is -0.508 e. The second-order valence-electron chi connectivity index (χ2n) is 28.7. The van der Waals surface area contributed by atoms with Gasteiger partial charge in [0.1, 0.15) is 97.7 Å². The molecule has 14 aromatic rings. The minimum absolute atomic E-state index is 0.00793. The van der Waals surface area contributed by atoms with E-state index in [4.69, 9.17) is 0 Å². The van der Waals surface area contributed by atoms with Crippen molar-refractivity contribution in [3.63, 3.8) is 0 Å². The molecule has 0 saturated heterocycles. The number of phenols is 23. The molecule has 0 atom stereocenters. The molecule has 23 nitrogen and oxygen atoms in total. The molecule has 118 heavy (non-hydrogen) atoms. The Balaban J connectivity index is 0.000000156. The van der Waals surface area contributed by atoms with Crippen LogP contribution < -0.4 is 0 Å². The molecule has 0 unspecified atom stereocenters. The summed E-state index contributed by atoms with van der Waals surface area (Å²) in [5.74, 6) is -4.44. The highest BCUT2D eigenvalue weighted by molar-refractivity contribution is 5.62. The van der Waals surface area contributed by atoms with E-state index in [2.05, 4.69) is 24.3 Å². The molecular weight excluding hydrogens is 1510 g/mol. The molecule has 0 radical (unpaired) electrons. The summed E-state index contributed by atoms with van der Waals surface area (Å²) < 4.78 is 0. The lowest BCUT2D eigenvalue weighted by atomic mass is 9.81. The van der Waals surface area contributed by atoms with Gasteiger partial charge in [-0.3, -0.25) is 0 Å². The van der Waals surface area contributed by atoms with Gasteiger partial charge in [-0.2, -0.15) is 0 Å². The van der Waals surface area contributed by atoms with Crippen LogP contribution in [0.15, 0.2) is 243 Å². The quantitative estimate of drug-likeness (QED) is 0.0280. The van der Waals surface area contributed by atoms with Crippen LogP contribution in [0.5, 0.6) is 132 Å². The van der Waals surface area contributed by atoms with Gasteiger partial charge in [-0.05, 0) is 171 Å². The fourth-order valence-electron chi connectivity index (χ4n) is 14.0. The predicted molar refractivity (Wildman–Crippen MR) is 441 cm³/mol. The van der Waals surface area contributed by atoms with E-state index in [0.717, 1.165) is 74.3 Å². The van der Waals surface area contributed by atoms with Crippen LogP contribution in [0.1, 0.15) is 129 Å². The Morgan fingerprint density at radius 1 is 0.161 bits per heavy atom. The lowest BCUT2D eigenvalue weighted by Gasteiger charge is -2.22. The maximum Gasteiger partial charge on any atom is 0.200 e. The second-order valence-corrected chi connectivity index (χ2v) is 28.7. The summed E-state index contributed by atoms with van der Waals surface area (Å²) in [4.78, 5) is 0. The molecule has 0 spiro atoms. The molecule has 0 aliphatic carbocycles. The van der Waals surface area contributed by atoms with Crippen molar-refractivity contribution in [3.05, 3.63) is 359 Å². The molecule has 0 saturated carbocycles. The first-order chi connectivity index (χ1) is 56.1. The molecule has 0 aliphatic heterocycles. The second kappa shape index (κ2) is 36.1. The number of phenolic OH excluding ortho intramolecular Hbond substituents is 23. The van der Waals surface area contributed by atoms with Crippen molar-refractivity contribution >= 4 is 0 Å². The van der Waals surface area contributed by atoms with Crippen LogP contribution in [-0.4, -0.2) is 117 Å². The van der Waals surface area contributed by atoms with Gasteiger partial charge < -0.3 is 117 Å². The first-order valence-corrected chi connectivity index (χ1v) is 36.8. The molecule has 14 rings (SSSR count). The number of aromatic hydroxyl groups is 23. The molecular formula is C95H86O23. The van der Waals surface area contributed by atoms with Crippen LogP contribution in [0.4, 0.5) is 0 Å². The molecule has 0 heterocycles. The minimum atomic E-state index is -0.630. The summed E-state index contributed by atoms with van der Waals surface area (Å²) in [7, 11) is 0. The maximum atomic E-state index is 10.7. The third kappa shape index (κ3) is 20.1. The SMILES string of the molecule is Cc1cc(Cc2c(O)cc(O)cc2O)c(O)c(Cc2c(O)cc(O)cc2O)c1.Cc1cc(Cc2ccc(O)c(O)c2O)c(O)c(Cc2ccc(O)c(O)c2O)c1.Cc1cc(Cc2ccc(O)cc2O)c(O)c(Cc2ccc(O)cc2O)c1.Oc1ccc(C(c2ccc(O)cc2)c2ccc(C(c3ccc(O)cc3)c3ccc(O)cc3)cc2)cc1. The highest BCUT2D eigenvalue weighted by atomic mass is 16.3. The molecule has 604 valence electrons. The summed E-state index contributed by atoms with van der Waals surface area (Å²) in [5, 5.41) is 227. The van der Waals surface area contributed by atoms with Crippen LogP contribution in [0.2, 0.25) is 0 Å². The number of hydrogen-bond acceptors (Lipinski definition) is 23. The van der Waals surface area contributed by atoms with E-state index in [9.17, 15) is 117 Å². The smallest absolute Gasteiger partial charge is 0.200 e. The monoisotopic (exact) mass is 1590 g/mol. The van der Waals surface area contributed by atoms with Crippen molar-refractivity contribution in [3.8, 4) is 132 Å². The van der Waals surface area contributed by atoms with Crippen molar-refractivity contribution < 1.29 is 117 Å². The van der Waals surface area contributed by atoms with Crippen LogP contribution in [-0.2, 0) is 38.5 Å². The third-order valence-electron chi connectivity index (χ3n) is 19.9. The van der Waals surface area contributed by atoms with Crippen LogP contribution in [0.3, 0.4) is 0 Å². The molecule has 23 N–H and O–H groups in total. The molecule has 0 fully saturated rings. The van der Waals surface area contributed by atoms with Gasteiger partial charge in [0, 0.05) is 109 Å². The number of rotatable bonds is 18. The van der Waals surface area contributed by atoms with E-state index in [1.807, 2.05) is 74.5 Å². The lowest BCUT2D eigenvalue weighted by Crippen LogP contribution is -2.06. The van der Waals surface area contributed by atoms with Crippen molar-refractivity contribution in [2.75, 3.05) is 0 Å². The van der Waals surface area contributed by atoms with Gasteiger partial charge in [-0.15, -0.1) is 0 Å². The van der Waals surface area contributed by atoms with E-state index in [0.29, 0.717) is 68.5 Å². The number of hydrogen-bond donors (Lipinski definition) is 23. The molecule has 0 aliphatic rings. The van der Waals surface area contributed by atoms with Gasteiger partial charge in [0.05, 0.1) is 0 Å². The summed E-state index contributed by atoms with van der Waals surface area (Å²) >= 11 is 0. The normalized spacial score (nSPS) is 11.0. The predicted octanol–water partition coefficient (Wildman–Crippen LogP) is 16.8. The van der Waals surface area contributed by atoms with Crippen molar-refractivity contribution in [2.45, 2.75) is 71.1 Å².